The Morgan fingerprint density at radius 1 is 1.19 bits per heavy atom. The molecular weight excluding hydrogens is 338 g/mol. The summed E-state index contributed by atoms with van der Waals surface area (Å²) in [5, 5.41) is 0. The summed E-state index contributed by atoms with van der Waals surface area (Å²) in [6.45, 7) is 8.05. The molecule has 1 aromatic heterocycles. The second kappa shape index (κ2) is 8.30. The van der Waals surface area contributed by atoms with Crippen molar-refractivity contribution in [3.05, 3.63) is 60.1 Å². The highest BCUT2D eigenvalue weighted by Gasteiger charge is 2.43. The minimum atomic E-state index is -0.115. The standard InChI is InChI=1S/C23H31NO3/c1-4-22(3)18-23(13-16-27-22,20-9-6-5-7-10-20)12-14-24(19(2)25)17-21-11-8-15-26-21/h5-11,15H,4,12-14,16-18H2,1-3H3/t22-,23-/m1/s1. The Hall–Kier alpha value is -2.07. The minimum Gasteiger partial charge on any atom is -0.467 e. The van der Waals surface area contributed by atoms with Gasteiger partial charge in [0.25, 0.3) is 0 Å². The van der Waals surface area contributed by atoms with Gasteiger partial charge in [-0.3, -0.25) is 4.79 Å². The van der Waals surface area contributed by atoms with Crippen LogP contribution in [0.4, 0.5) is 0 Å². The molecule has 4 heteroatoms. The van der Waals surface area contributed by atoms with Crippen molar-refractivity contribution in [3.63, 3.8) is 0 Å². The molecule has 1 aliphatic rings. The molecule has 3 rings (SSSR count). The van der Waals surface area contributed by atoms with Gasteiger partial charge in [-0.05, 0) is 50.3 Å². The molecule has 1 aromatic carbocycles. The number of hydrogen-bond acceptors (Lipinski definition) is 3. The van der Waals surface area contributed by atoms with Gasteiger partial charge in [0.2, 0.25) is 5.91 Å². The highest BCUT2D eigenvalue weighted by Crippen LogP contribution is 2.45. The first-order chi connectivity index (χ1) is 13.0. The Bertz CT molecular complexity index is 727. The smallest absolute Gasteiger partial charge is 0.219 e. The topological polar surface area (TPSA) is 42.7 Å². The number of amides is 1. The van der Waals surface area contributed by atoms with E-state index in [-0.39, 0.29) is 16.9 Å². The maximum atomic E-state index is 12.2. The van der Waals surface area contributed by atoms with Crippen molar-refractivity contribution in [2.45, 2.75) is 64.0 Å². The Balaban J connectivity index is 1.82. The summed E-state index contributed by atoms with van der Waals surface area (Å²) in [5.74, 6) is 0.907. The molecule has 27 heavy (non-hydrogen) atoms. The lowest BCUT2D eigenvalue weighted by molar-refractivity contribution is -0.130. The molecule has 0 aliphatic carbocycles. The predicted octanol–water partition coefficient (Wildman–Crippen LogP) is 4.94. The molecule has 0 spiro atoms. The van der Waals surface area contributed by atoms with Crippen LogP contribution in [0, 0.1) is 0 Å². The molecule has 146 valence electrons. The quantitative estimate of drug-likeness (QED) is 0.694. The molecule has 2 atom stereocenters. The molecule has 1 amide bonds. The molecule has 0 unspecified atom stereocenters. The lowest BCUT2D eigenvalue weighted by atomic mass is 9.66. The largest absolute Gasteiger partial charge is 0.467 e. The predicted molar refractivity (Wildman–Crippen MR) is 106 cm³/mol. The number of carbonyl (C=O) groups is 1. The van der Waals surface area contributed by atoms with Gasteiger partial charge in [0, 0.05) is 25.5 Å². The van der Waals surface area contributed by atoms with E-state index in [1.165, 1.54) is 5.56 Å². The fraction of sp³-hybridized carbons (Fsp3) is 0.522. The normalized spacial score (nSPS) is 25.3. The number of furan rings is 1. The van der Waals surface area contributed by atoms with Crippen LogP contribution in [0.3, 0.4) is 0 Å². The van der Waals surface area contributed by atoms with Crippen LogP contribution in [0.5, 0.6) is 0 Å². The highest BCUT2D eigenvalue weighted by atomic mass is 16.5. The summed E-state index contributed by atoms with van der Waals surface area (Å²) >= 11 is 0. The van der Waals surface area contributed by atoms with Gasteiger partial charge < -0.3 is 14.1 Å². The van der Waals surface area contributed by atoms with Gasteiger partial charge in [0.15, 0.2) is 0 Å². The third-order valence-electron chi connectivity index (χ3n) is 6.11. The minimum absolute atomic E-state index is 0.0289. The lowest BCUT2D eigenvalue weighted by Crippen LogP contribution is -2.47. The zero-order valence-corrected chi connectivity index (χ0v) is 16.7. The first-order valence-electron chi connectivity index (χ1n) is 9.94. The molecule has 0 bridgehead atoms. The summed E-state index contributed by atoms with van der Waals surface area (Å²) in [6, 6.07) is 14.5. The average molecular weight is 370 g/mol. The lowest BCUT2D eigenvalue weighted by Gasteiger charge is -2.47. The van der Waals surface area contributed by atoms with E-state index in [2.05, 4.69) is 44.2 Å². The molecule has 1 aliphatic heterocycles. The maximum Gasteiger partial charge on any atom is 0.219 e. The van der Waals surface area contributed by atoms with Crippen molar-refractivity contribution >= 4 is 5.91 Å². The van der Waals surface area contributed by atoms with Crippen LogP contribution in [-0.2, 0) is 21.5 Å². The molecule has 0 radical (unpaired) electrons. The van der Waals surface area contributed by atoms with Gasteiger partial charge in [-0.15, -0.1) is 0 Å². The zero-order chi connectivity index (χ0) is 19.3. The Kier molecular flexibility index (Phi) is 6.05. The molecule has 1 saturated heterocycles. The van der Waals surface area contributed by atoms with Crippen LogP contribution in [0.25, 0.3) is 0 Å². The van der Waals surface area contributed by atoms with Crippen molar-refractivity contribution in [3.8, 4) is 0 Å². The molecule has 1 fully saturated rings. The second-order valence-corrected chi connectivity index (χ2v) is 7.99. The number of benzene rings is 1. The van der Waals surface area contributed by atoms with E-state index < -0.39 is 0 Å². The van der Waals surface area contributed by atoms with E-state index in [1.54, 1.807) is 13.2 Å². The van der Waals surface area contributed by atoms with Gasteiger partial charge >= 0.3 is 0 Å². The average Bonchev–Trinajstić information content (AvgIpc) is 3.19. The molecular formula is C23H31NO3. The molecule has 4 nitrogen and oxygen atoms in total. The van der Waals surface area contributed by atoms with Gasteiger partial charge in [-0.25, -0.2) is 0 Å². The monoisotopic (exact) mass is 369 g/mol. The third-order valence-corrected chi connectivity index (χ3v) is 6.11. The second-order valence-electron chi connectivity index (χ2n) is 7.99. The van der Waals surface area contributed by atoms with E-state index in [1.807, 2.05) is 17.0 Å². The number of hydrogen-bond donors (Lipinski definition) is 0. The summed E-state index contributed by atoms with van der Waals surface area (Å²) in [5.41, 5.74) is 1.27. The van der Waals surface area contributed by atoms with Crippen LogP contribution in [0.2, 0.25) is 0 Å². The van der Waals surface area contributed by atoms with Gasteiger partial charge in [0.1, 0.15) is 5.76 Å². The van der Waals surface area contributed by atoms with E-state index in [4.69, 9.17) is 9.15 Å². The van der Waals surface area contributed by atoms with Crippen molar-refractivity contribution in [1.82, 2.24) is 4.90 Å². The molecule has 0 saturated carbocycles. The maximum absolute atomic E-state index is 12.2. The Labute approximate surface area is 162 Å². The summed E-state index contributed by atoms with van der Waals surface area (Å²) in [4.78, 5) is 14.1. The van der Waals surface area contributed by atoms with Gasteiger partial charge in [-0.1, -0.05) is 37.3 Å². The summed E-state index contributed by atoms with van der Waals surface area (Å²) in [7, 11) is 0. The van der Waals surface area contributed by atoms with E-state index in [0.717, 1.165) is 38.1 Å². The van der Waals surface area contributed by atoms with Crippen molar-refractivity contribution in [1.29, 1.82) is 0 Å². The zero-order valence-electron chi connectivity index (χ0n) is 16.7. The number of nitrogens with zero attached hydrogens (tertiary/aromatic N) is 1. The Morgan fingerprint density at radius 3 is 2.59 bits per heavy atom. The summed E-state index contributed by atoms with van der Waals surface area (Å²) < 4.78 is 11.6. The molecule has 2 heterocycles. The van der Waals surface area contributed by atoms with Crippen LogP contribution in [0.1, 0.15) is 57.8 Å². The van der Waals surface area contributed by atoms with Crippen molar-refractivity contribution in [2.24, 2.45) is 0 Å². The molecule has 0 N–H and O–H groups in total. The van der Waals surface area contributed by atoms with Gasteiger partial charge in [0.05, 0.1) is 18.4 Å². The van der Waals surface area contributed by atoms with Crippen LogP contribution < -0.4 is 0 Å². The first kappa shape index (κ1) is 19.7. The van der Waals surface area contributed by atoms with Crippen molar-refractivity contribution < 1.29 is 13.9 Å². The first-order valence-corrected chi connectivity index (χ1v) is 9.94. The van der Waals surface area contributed by atoms with E-state index in [0.29, 0.717) is 13.1 Å². The summed E-state index contributed by atoms with van der Waals surface area (Å²) in [6.07, 6.45) is 5.54. The number of rotatable bonds is 7. The van der Waals surface area contributed by atoms with Crippen LogP contribution in [0.15, 0.2) is 53.1 Å². The number of carbonyl (C=O) groups excluding carboxylic acids is 1. The van der Waals surface area contributed by atoms with Crippen LogP contribution >= 0.6 is 0 Å². The van der Waals surface area contributed by atoms with Crippen molar-refractivity contribution in [2.75, 3.05) is 13.2 Å². The highest BCUT2D eigenvalue weighted by molar-refractivity contribution is 5.73. The fourth-order valence-corrected chi connectivity index (χ4v) is 4.26. The van der Waals surface area contributed by atoms with Gasteiger partial charge in [-0.2, -0.15) is 0 Å². The van der Waals surface area contributed by atoms with E-state index >= 15 is 0 Å². The Morgan fingerprint density at radius 2 is 1.96 bits per heavy atom. The van der Waals surface area contributed by atoms with E-state index in [9.17, 15) is 4.79 Å². The fourth-order valence-electron chi connectivity index (χ4n) is 4.26. The third kappa shape index (κ3) is 4.62. The molecule has 2 aromatic rings. The van der Waals surface area contributed by atoms with Crippen LogP contribution in [-0.4, -0.2) is 29.6 Å². The number of ether oxygens (including phenoxy) is 1. The SMILES string of the molecule is CC[C@]1(C)C[C@](CCN(Cc2ccco2)C(C)=O)(c2ccccc2)CCO1.